The van der Waals surface area contributed by atoms with Crippen LogP contribution in [0.5, 0.6) is 5.88 Å². The number of rotatable bonds is 3. The maximum absolute atomic E-state index is 11.2. The molecule has 0 aromatic carbocycles. The van der Waals surface area contributed by atoms with E-state index < -0.39 is 4.92 Å². The molecule has 0 aliphatic carbocycles. The highest BCUT2D eigenvalue weighted by Gasteiger charge is 2.31. The second-order valence-electron chi connectivity index (χ2n) is 4.82. The Hall–Kier alpha value is -1.96. The van der Waals surface area contributed by atoms with Crippen molar-refractivity contribution in [2.24, 2.45) is 11.7 Å². The van der Waals surface area contributed by atoms with Crippen molar-refractivity contribution in [3.05, 3.63) is 16.4 Å². The molecule has 19 heavy (non-hydrogen) atoms. The van der Waals surface area contributed by atoms with E-state index in [9.17, 15) is 10.1 Å². The fourth-order valence-electron chi connectivity index (χ4n) is 2.47. The van der Waals surface area contributed by atoms with E-state index in [4.69, 9.17) is 10.5 Å². The first-order chi connectivity index (χ1) is 9.02. The second-order valence-corrected chi connectivity index (χ2v) is 4.82. The zero-order valence-corrected chi connectivity index (χ0v) is 10.9. The molecule has 0 saturated carbocycles. The lowest BCUT2D eigenvalue weighted by molar-refractivity contribution is -0.385. The minimum Gasteiger partial charge on any atom is -0.476 e. The van der Waals surface area contributed by atoms with Crippen molar-refractivity contribution in [1.29, 1.82) is 0 Å². The topological polar surface area (TPSA) is 107 Å². The molecule has 2 N–H and O–H groups in total. The van der Waals surface area contributed by atoms with Crippen molar-refractivity contribution in [3.8, 4) is 5.88 Å². The van der Waals surface area contributed by atoms with Gasteiger partial charge >= 0.3 is 5.69 Å². The predicted molar refractivity (Wildman–Crippen MR) is 69.2 cm³/mol. The molecule has 0 radical (unpaired) electrons. The number of anilines is 1. The molecule has 0 spiro atoms. The lowest BCUT2D eigenvalue weighted by Gasteiger charge is -2.35. The van der Waals surface area contributed by atoms with Gasteiger partial charge in [0.25, 0.3) is 5.88 Å². The summed E-state index contributed by atoms with van der Waals surface area (Å²) in [4.78, 5) is 20.3. The average molecular weight is 267 g/mol. The van der Waals surface area contributed by atoms with Crippen molar-refractivity contribution in [2.75, 3.05) is 25.1 Å². The van der Waals surface area contributed by atoms with Crippen molar-refractivity contribution in [2.45, 2.75) is 19.4 Å². The maximum Gasteiger partial charge on any atom is 0.372 e. The van der Waals surface area contributed by atoms with Gasteiger partial charge in [-0.15, -0.1) is 0 Å². The van der Waals surface area contributed by atoms with Crippen LogP contribution >= 0.6 is 0 Å². The van der Waals surface area contributed by atoms with Crippen molar-refractivity contribution >= 4 is 11.5 Å². The van der Waals surface area contributed by atoms with Crippen LogP contribution in [-0.4, -0.2) is 41.1 Å². The zero-order chi connectivity index (χ0) is 14.0. The average Bonchev–Trinajstić information content (AvgIpc) is 2.36. The molecule has 1 aliphatic heterocycles. The first-order valence-electron chi connectivity index (χ1n) is 6.06. The Morgan fingerprint density at radius 1 is 1.53 bits per heavy atom. The molecule has 2 unspecified atom stereocenters. The monoisotopic (exact) mass is 267 g/mol. The van der Waals surface area contributed by atoms with Gasteiger partial charge in [-0.1, -0.05) is 6.92 Å². The van der Waals surface area contributed by atoms with Crippen LogP contribution in [0.25, 0.3) is 0 Å². The molecule has 2 rings (SSSR count). The molecular formula is C11H17N5O3. The Labute approximate surface area is 110 Å². The van der Waals surface area contributed by atoms with Crippen LogP contribution in [0.2, 0.25) is 0 Å². The van der Waals surface area contributed by atoms with Gasteiger partial charge in [-0.25, -0.2) is 4.98 Å². The quantitative estimate of drug-likeness (QED) is 0.630. The second kappa shape index (κ2) is 5.35. The zero-order valence-electron chi connectivity index (χ0n) is 10.9. The van der Waals surface area contributed by atoms with E-state index in [0.717, 1.165) is 6.42 Å². The molecule has 104 valence electrons. The lowest BCUT2D eigenvalue weighted by Crippen LogP contribution is -2.46. The van der Waals surface area contributed by atoms with Crippen LogP contribution in [0.1, 0.15) is 13.3 Å². The Bertz CT molecular complexity index is 471. The Kier molecular flexibility index (Phi) is 3.79. The Morgan fingerprint density at radius 2 is 2.26 bits per heavy atom. The van der Waals surface area contributed by atoms with Gasteiger partial charge in [0.15, 0.2) is 0 Å². The van der Waals surface area contributed by atoms with E-state index in [1.165, 1.54) is 13.4 Å². The van der Waals surface area contributed by atoms with Gasteiger partial charge in [-0.05, 0) is 12.3 Å². The third-order valence-electron chi connectivity index (χ3n) is 3.14. The van der Waals surface area contributed by atoms with E-state index in [1.807, 2.05) is 4.90 Å². The predicted octanol–water partition coefficient (Wildman–Crippen LogP) is 0.567. The summed E-state index contributed by atoms with van der Waals surface area (Å²) in [5.74, 6) is 0.616. The van der Waals surface area contributed by atoms with E-state index >= 15 is 0 Å². The van der Waals surface area contributed by atoms with Crippen molar-refractivity contribution in [3.63, 3.8) is 0 Å². The summed E-state index contributed by atoms with van der Waals surface area (Å²) in [7, 11) is 1.35. The largest absolute Gasteiger partial charge is 0.476 e. The number of ether oxygens (including phenoxy) is 1. The number of methoxy groups -OCH3 is 1. The number of aromatic nitrogens is 2. The van der Waals surface area contributed by atoms with Gasteiger partial charge in [0, 0.05) is 19.1 Å². The third-order valence-corrected chi connectivity index (χ3v) is 3.14. The molecule has 8 nitrogen and oxygen atoms in total. The van der Waals surface area contributed by atoms with Gasteiger partial charge in [0.2, 0.25) is 5.82 Å². The number of nitrogens with zero attached hydrogens (tertiary/aromatic N) is 4. The fourth-order valence-corrected chi connectivity index (χ4v) is 2.47. The molecular weight excluding hydrogens is 250 g/mol. The Balaban J connectivity index is 2.41. The molecule has 1 aromatic rings. The molecule has 1 saturated heterocycles. The van der Waals surface area contributed by atoms with Crippen LogP contribution < -0.4 is 15.4 Å². The number of piperidine rings is 1. The summed E-state index contributed by atoms with van der Waals surface area (Å²) in [5, 5.41) is 11.2. The molecule has 2 heterocycles. The fraction of sp³-hybridized carbons (Fsp3) is 0.636. The van der Waals surface area contributed by atoms with Crippen LogP contribution in [0.4, 0.5) is 11.5 Å². The van der Waals surface area contributed by atoms with E-state index in [2.05, 4.69) is 16.9 Å². The molecule has 1 aliphatic rings. The maximum atomic E-state index is 11.2. The molecule has 8 heteroatoms. The number of nitro groups is 1. The third kappa shape index (κ3) is 2.73. The minimum atomic E-state index is -0.515. The van der Waals surface area contributed by atoms with Crippen LogP contribution in [0.3, 0.4) is 0 Å². The summed E-state index contributed by atoms with van der Waals surface area (Å²) in [5.41, 5.74) is 5.76. The molecule has 1 aromatic heterocycles. The van der Waals surface area contributed by atoms with Gasteiger partial charge in [-0.2, -0.15) is 4.98 Å². The molecule has 1 fully saturated rings. The number of hydrogen-bond acceptors (Lipinski definition) is 7. The smallest absolute Gasteiger partial charge is 0.372 e. The SMILES string of the molecule is COc1ncnc(N2CC(C)CC(N)C2)c1[N+](=O)[O-]. The highest BCUT2D eigenvalue weighted by Crippen LogP contribution is 2.34. The van der Waals surface area contributed by atoms with Crippen LogP contribution in [-0.2, 0) is 0 Å². The first-order valence-corrected chi connectivity index (χ1v) is 6.06. The van der Waals surface area contributed by atoms with Crippen molar-refractivity contribution < 1.29 is 9.66 Å². The van der Waals surface area contributed by atoms with Gasteiger partial charge in [0.05, 0.1) is 12.0 Å². The summed E-state index contributed by atoms with van der Waals surface area (Å²) >= 11 is 0. The Morgan fingerprint density at radius 3 is 2.84 bits per heavy atom. The molecule has 0 bridgehead atoms. The summed E-state index contributed by atoms with van der Waals surface area (Å²) in [6, 6.07) is -0.00989. The van der Waals surface area contributed by atoms with Gasteiger partial charge < -0.3 is 15.4 Å². The number of nitrogens with two attached hydrogens (primary N) is 1. The minimum absolute atomic E-state index is 0.00989. The van der Waals surface area contributed by atoms with Crippen molar-refractivity contribution in [1.82, 2.24) is 9.97 Å². The van der Waals surface area contributed by atoms with Crippen LogP contribution in [0, 0.1) is 16.0 Å². The highest BCUT2D eigenvalue weighted by atomic mass is 16.6. The molecule has 2 atom stereocenters. The first kappa shape index (κ1) is 13.5. The normalized spacial score (nSPS) is 23.2. The standard InChI is InChI=1S/C11H17N5O3/c1-7-3-8(12)5-15(4-7)10-9(16(17)18)11(19-2)14-6-13-10/h6-8H,3-5,12H2,1-2H3. The summed E-state index contributed by atoms with van der Waals surface area (Å²) < 4.78 is 4.94. The van der Waals surface area contributed by atoms with E-state index in [0.29, 0.717) is 19.0 Å². The van der Waals surface area contributed by atoms with E-state index in [-0.39, 0.29) is 23.4 Å². The highest BCUT2D eigenvalue weighted by molar-refractivity contribution is 5.63. The summed E-state index contributed by atoms with van der Waals surface area (Å²) in [6.45, 7) is 3.30. The van der Waals surface area contributed by atoms with Gasteiger partial charge in [-0.3, -0.25) is 10.1 Å². The van der Waals surface area contributed by atoms with Gasteiger partial charge in [0.1, 0.15) is 6.33 Å². The molecule has 0 amide bonds. The van der Waals surface area contributed by atoms with E-state index in [1.54, 1.807) is 0 Å². The summed E-state index contributed by atoms with van der Waals surface area (Å²) in [6.07, 6.45) is 2.18. The number of hydrogen-bond donors (Lipinski definition) is 1. The lowest BCUT2D eigenvalue weighted by atomic mass is 9.96. The van der Waals surface area contributed by atoms with Crippen LogP contribution in [0.15, 0.2) is 6.33 Å².